The number of anilines is 1. The van der Waals surface area contributed by atoms with Crippen molar-refractivity contribution in [1.82, 2.24) is 9.62 Å². The van der Waals surface area contributed by atoms with Crippen molar-refractivity contribution in [3.05, 3.63) is 59.7 Å². The average Bonchev–Trinajstić information content (AvgIpc) is 2.69. The minimum absolute atomic E-state index is 0.0988. The van der Waals surface area contributed by atoms with E-state index in [9.17, 15) is 18.0 Å². The molecule has 1 aliphatic heterocycles. The lowest BCUT2D eigenvalue weighted by atomic mass is 10.1. The number of amides is 2. The number of likely N-dealkylation sites (tertiary alicyclic amines) is 1. The van der Waals surface area contributed by atoms with E-state index in [2.05, 4.69) is 10.0 Å². The van der Waals surface area contributed by atoms with E-state index in [-0.39, 0.29) is 22.8 Å². The van der Waals surface area contributed by atoms with Crippen LogP contribution in [0.5, 0.6) is 0 Å². The van der Waals surface area contributed by atoms with Gasteiger partial charge in [0.25, 0.3) is 5.91 Å². The fourth-order valence-corrected chi connectivity index (χ4v) is 5.01. The Kier molecular flexibility index (Phi) is 6.34. The topological polar surface area (TPSA) is 95.6 Å². The lowest BCUT2D eigenvalue weighted by Gasteiger charge is -2.33. The lowest BCUT2D eigenvalue weighted by molar-refractivity contribution is -0.114. The molecule has 7 nitrogen and oxygen atoms in total. The SMILES string of the molecule is CC(=O)Nc1ccc(C)c(S(=O)(=O)NC2CCCN(C(=O)c3ccccc3)C2)c1. The van der Waals surface area contributed by atoms with Gasteiger partial charge in [0, 0.05) is 37.3 Å². The molecule has 8 heteroatoms. The molecular formula is C21H25N3O4S. The predicted molar refractivity (Wildman–Crippen MR) is 111 cm³/mol. The van der Waals surface area contributed by atoms with Crippen molar-refractivity contribution in [3.63, 3.8) is 0 Å². The molecule has 1 atom stereocenters. The fourth-order valence-electron chi connectivity index (χ4n) is 3.47. The van der Waals surface area contributed by atoms with Crippen LogP contribution in [0.15, 0.2) is 53.4 Å². The molecule has 0 aliphatic carbocycles. The third kappa shape index (κ3) is 5.21. The van der Waals surface area contributed by atoms with Gasteiger partial charge in [-0.15, -0.1) is 0 Å². The van der Waals surface area contributed by atoms with Crippen molar-refractivity contribution in [3.8, 4) is 0 Å². The van der Waals surface area contributed by atoms with E-state index in [0.717, 1.165) is 6.42 Å². The van der Waals surface area contributed by atoms with E-state index in [1.807, 2.05) is 18.2 Å². The molecule has 2 aromatic carbocycles. The number of benzene rings is 2. The van der Waals surface area contributed by atoms with Gasteiger partial charge in [0.1, 0.15) is 0 Å². The zero-order valence-electron chi connectivity index (χ0n) is 16.5. The smallest absolute Gasteiger partial charge is 0.253 e. The van der Waals surface area contributed by atoms with E-state index in [1.165, 1.54) is 13.0 Å². The molecule has 0 saturated carbocycles. The number of carbonyl (C=O) groups excluding carboxylic acids is 2. The maximum Gasteiger partial charge on any atom is 0.253 e. The minimum atomic E-state index is -3.80. The molecule has 2 amide bonds. The van der Waals surface area contributed by atoms with Crippen LogP contribution in [0.1, 0.15) is 35.7 Å². The monoisotopic (exact) mass is 415 g/mol. The van der Waals surface area contributed by atoms with Crippen molar-refractivity contribution in [2.75, 3.05) is 18.4 Å². The van der Waals surface area contributed by atoms with E-state index in [1.54, 1.807) is 36.1 Å². The number of carbonyl (C=O) groups is 2. The first-order valence-electron chi connectivity index (χ1n) is 9.51. The van der Waals surface area contributed by atoms with Crippen LogP contribution in [0, 0.1) is 6.92 Å². The average molecular weight is 416 g/mol. The van der Waals surface area contributed by atoms with Crippen LogP contribution in [-0.2, 0) is 14.8 Å². The summed E-state index contributed by atoms with van der Waals surface area (Å²) in [6, 6.07) is 13.4. The van der Waals surface area contributed by atoms with Gasteiger partial charge in [-0.2, -0.15) is 0 Å². The summed E-state index contributed by atoms with van der Waals surface area (Å²) in [7, 11) is -3.80. The molecule has 154 valence electrons. The van der Waals surface area contributed by atoms with Crippen molar-refractivity contribution < 1.29 is 18.0 Å². The third-order valence-electron chi connectivity index (χ3n) is 4.85. The first-order chi connectivity index (χ1) is 13.8. The van der Waals surface area contributed by atoms with Crippen LogP contribution in [0.3, 0.4) is 0 Å². The van der Waals surface area contributed by atoms with Crippen LogP contribution in [0.4, 0.5) is 5.69 Å². The first kappa shape index (κ1) is 21.0. The van der Waals surface area contributed by atoms with E-state index >= 15 is 0 Å². The highest BCUT2D eigenvalue weighted by atomic mass is 32.2. The Balaban J connectivity index is 1.75. The van der Waals surface area contributed by atoms with Gasteiger partial charge < -0.3 is 10.2 Å². The zero-order chi connectivity index (χ0) is 21.0. The highest BCUT2D eigenvalue weighted by molar-refractivity contribution is 7.89. The number of piperidine rings is 1. The van der Waals surface area contributed by atoms with Crippen LogP contribution in [0.2, 0.25) is 0 Å². The Morgan fingerprint density at radius 3 is 2.52 bits per heavy atom. The molecule has 1 saturated heterocycles. The number of hydrogen-bond acceptors (Lipinski definition) is 4. The highest BCUT2D eigenvalue weighted by Crippen LogP contribution is 2.22. The van der Waals surface area contributed by atoms with Gasteiger partial charge in [0.2, 0.25) is 15.9 Å². The Hall–Kier alpha value is -2.71. The molecule has 0 radical (unpaired) electrons. The van der Waals surface area contributed by atoms with Gasteiger partial charge in [0.15, 0.2) is 0 Å². The van der Waals surface area contributed by atoms with E-state index < -0.39 is 10.0 Å². The molecule has 0 aromatic heterocycles. The van der Waals surface area contributed by atoms with Gasteiger partial charge >= 0.3 is 0 Å². The van der Waals surface area contributed by atoms with Crippen LogP contribution in [-0.4, -0.2) is 44.3 Å². The highest BCUT2D eigenvalue weighted by Gasteiger charge is 2.28. The van der Waals surface area contributed by atoms with Crippen molar-refractivity contribution >= 4 is 27.5 Å². The molecule has 29 heavy (non-hydrogen) atoms. The summed E-state index contributed by atoms with van der Waals surface area (Å²) in [6.45, 7) is 3.99. The fraction of sp³-hybridized carbons (Fsp3) is 0.333. The van der Waals surface area contributed by atoms with Gasteiger partial charge in [-0.1, -0.05) is 24.3 Å². The number of rotatable bonds is 5. The lowest BCUT2D eigenvalue weighted by Crippen LogP contribution is -2.49. The second kappa shape index (κ2) is 8.75. The number of sulfonamides is 1. The summed E-state index contributed by atoms with van der Waals surface area (Å²) in [5, 5.41) is 2.60. The maximum absolute atomic E-state index is 13.0. The predicted octanol–water partition coefficient (Wildman–Crippen LogP) is 2.54. The molecule has 1 fully saturated rings. The summed E-state index contributed by atoms with van der Waals surface area (Å²) in [5.74, 6) is -0.370. The van der Waals surface area contributed by atoms with Crippen LogP contribution in [0.25, 0.3) is 0 Å². The summed E-state index contributed by atoms with van der Waals surface area (Å²) in [5.41, 5.74) is 1.60. The molecule has 1 heterocycles. The molecule has 1 unspecified atom stereocenters. The number of nitrogens with zero attached hydrogens (tertiary/aromatic N) is 1. The molecule has 2 N–H and O–H groups in total. The van der Waals surface area contributed by atoms with Crippen molar-refractivity contribution in [1.29, 1.82) is 0 Å². The molecular weight excluding hydrogens is 390 g/mol. The number of aryl methyl sites for hydroxylation is 1. The van der Waals surface area contributed by atoms with Crippen molar-refractivity contribution in [2.45, 2.75) is 37.6 Å². The largest absolute Gasteiger partial charge is 0.337 e. The van der Waals surface area contributed by atoms with E-state index in [4.69, 9.17) is 0 Å². The Bertz CT molecular complexity index is 1010. The molecule has 0 bridgehead atoms. The van der Waals surface area contributed by atoms with Crippen LogP contribution < -0.4 is 10.0 Å². The summed E-state index contributed by atoms with van der Waals surface area (Å²) in [4.78, 5) is 25.8. The third-order valence-corrected chi connectivity index (χ3v) is 6.51. The van der Waals surface area contributed by atoms with Gasteiger partial charge in [-0.05, 0) is 49.6 Å². The maximum atomic E-state index is 13.0. The Morgan fingerprint density at radius 2 is 1.83 bits per heavy atom. The number of hydrogen-bond donors (Lipinski definition) is 2. The Labute approximate surface area is 171 Å². The second-order valence-corrected chi connectivity index (χ2v) is 8.92. The Morgan fingerprint density at radius 1 is 1.10 bits per heavy atom. The van der Waals surface area contributed by atoms with Gasteiger partial charge in [-0.25, -0.2) is 13.1 Å². The van der Waals surface area contributed by atoms with Crippen molar-refractivity contribution in [2.24, 2.45) is 0 Å². The molecule has 0 spiro atoms. The van der Waals surface area contributed by atoms with Crippen LogP contribution >= 0.6 is 0 Å². The quantitative estimate of drug-likeness (QED) is 0.784. The van der Waals surface area contributed by atoms with E-state index in [0.29, 0.717) is 36.3 Å². The normalized spacial score (nSPS) is 17.0. The zero-order valence-corrected chi connectivity index (χ0v) is 17.3. The standard InChI is InChI=1S/C21H25N3O4S/c1-15-10-11-18(22-16(2)25)13-20(15)29(27,28)23-19-9-6-12-24(14-19)21(26)17-7-4-3-5-8-17/h3-5,7-8,10-11,13,19,23H,6,9,12,14H2,1-2H3,(H,22,25). The summed E-state index contributed by atoms with van der Waals surface area (Å²) >= 11 is 0. The summed E-state index contributed by atoms with van der Waals surface area (Å²) < 4.78 is 28.7. The molecule has 3 rings (SSSR count). The number of nitrogens with one attached hydrogen (secondary N) is 2. The first-order valence-corrected chi connectivity index (χ1v) is 11.0. The minimum Gasteiger partial charge on any atom is -0.337 e. The summed E-state index contributed by atoms with van der Waals surface area (Å²) in [6.07, 6.45) is 1.37. The second-order valence-electron chi connectivity index (χ2n) is 7.24. The van der Waals surface area contributed by atoms with Gasteiger partial charge in [0.05, 0.1) is 4.90 Å². The van der Waals surface area contributed by atoms with Gasteiger partial charge in [-0.3, -0.25) is 9.59 Å². The molecule has 2 aromatic rings. The molecule has 1 aliphatic rings.